The lowest BCUT2D eigenvalue weighted by atomic mass is 10.2. The van der Waals surface area contributed by atoms with E-state index in [1.54, 1.807) is 17.0 Å². The van der Waals surface area contributed by atoms with Gasteiger partial charge >= 0.3 is 0 Å². The van der Waals surface area contributed by atoms with Crippen molar-refractivity contribution >= 4 is 16.0 Å². The number of nitriles is 1. The van der Waals surface area contributed by atoms with Crippen molar-refractivity contribution in [3.8, 4) is 6.07 Å². The van der Waals surface area contributed by atoms with Crippen molar-refractivity contribution in [3.05, 3.63) is 29.8 Å². The summed E-state index contributed by atoms with van der Waals surface area (Å²) in [5.41, 5.74) is 6.20. The van der Waals surface area contributed by atoms with Gasteiger partial charge in [-0.2, -0.15) is 13.7 Å². The minimum Gasteiger partial charge on any atom is -0.322 e. The molecule has 1 aliphatic heterocycles. The van der Waals surface area contributed by atoms with Crippen LogP contribution in [0.3, 0.4) is 0 Å². The minimum absolute atomic E-state index is 0.0292. The normalized spacial score (nSPS) is 25.0. The van der Waals surface area contributed by atoms with Gasteiger partial charge in [0.15, 0.2) is 0 Å². The Kier molecular flexibility index (Phi) is 5.04. The fourth-order valence-electron chi connectivity index (χ4n) is 2.75. The van der Waals surface area contributed by atoms with Gasteiger partial charge in [0.2, 0.25) is 5.91 Å². The average molecular weight is 337 g/mol. The molecule has 8 heteroatoms. The number of carbonyl (C=O) groups excluding carboxylic acids is 1. The molecule has 1 aromatic rings. The topological polar surface area (TPSA) is 124 Å². The maximum atomic E-state index is 11.3. The maximum Gasteiger partial charge on any atom is 0.294 e. The molecule has 124 valence electrons. The lowest BCUT2D eigenvalue weighted by molar-refractivity contribution is -0.130. The van der Waals surface area contributed by atoms with Crippen molar-refractivity contribution in [1.82, 2.24) is 4.90 Å². The Hall–Kier alpha value is -1.95. The van der Waals surface area contributed by atoms with E-state index >= 15 is 0 Å². The second kappa shape index (κ2) is 6.66. The number of nitrogens with zero attached hydrogens (tertiary/aromatic N) is 2. The standard InChI is InChI=1S/C8H11N3O.C7H8O3S/c9-3-6-1-5-2-7(5)11(6)8(12)4-10;1-6-2-4-7(5-3-6)11(8,9)10/h5-7H,1-2,4,10H2;2-5H,1H3,(H,8,9,10)/t5-,6+,7+;/m1./s1. The van der Waals surface area contributed by atoms with Crippen LogP contribution in [0.5, 0.6) is 0 Å². The number of rotatable bonds is 2. The first-order valence-corrected chi connectivity index (χ1v) is 8.67. The predicted octanol–water partition coefficient (Wildman–Crippen LogP) is 0.700. The lowest BCUT2D eigenvalue weighted by Gasteiger charge is -2.21. The number of nitrogens with two attached hydrogens (primary N) is 1. The molecule has 1 aromatic carbocycles. The zero-order valence-electron chi connectivity index (χ0n) is 12.7. The van der Waals surface area contributed by atoms with E-state index in [9.17, 15) is 13.2 Å². The Morgan fingerprint density at radius 2 is 2.00 bits per heavy atom. The van der Waals surface area contributed by atoms with Gasteiger partial charge in [0.1, 0.15) is 6.04 Å². The van der Waals surface area contributed by atoms with E-state index in [1.807, 2.05) is 6.92 Å². The highest BCUT2D eigenvalue weighted by Crippen LogP contribution is 2.47. The molecule has 1 aliphatic carbocycles. The summed E-state index contributed by atoms with van der Waals surface area (Å²) in [7, 11) is -4.02. The van der Waals surface area contributed by atoms with Crippen LogP contribution in [0.1, 0.15) is 18.4 Å². The Morgan fingerprint density at radius 1 is 1.39 bits per heavy atom. The van der Waals surface area contributed by atoms with Crippen LogP contribution in [0.4, 0.5) is 0 Å². The van der Waals surface area contributed by atoms with Crippen LogP contribution in [-0.2, 0) is 14.9 Å². The van der Waals surface area contributed by atoms with Crippen LogP contribution < -0.4 is 5.73 Å². The van der Waals surface area contributed by atoms with Crippen LogP contribution >= 0.6 is 0 Å². The number of fused-ring (bicyclic) bond motifs is 1. The van der Waals surface area contributed by atoms with Gasteiger partial charge in [-0.3, -0.25) is 9.35 Å². The summed E-state index contributed by atoms with van der Waals surface area (Å²) in [5.74, 6) is 0.511. The summed E-state index contributed by atoms with van der Waals surface area (Å²) in [4.78, 5) is 12.9. The molecular weight excluding hydrogens is 318 g/mol. The predicted molar refractivity (Wildman–Crippen MR) is 82.8 cm³/mol. The molecule has 1 amide bonds. The van der Waals surface area contributed by atoms with Gasteiger partial charge in [0.25, 0.3) is 10.1 Å². The number of hydrogen-bond acceptors (Lipinski definition) is 5. The van der Waals surface area contributed by atoms with Gasteiger partial charge in [0, 0.05) is 6.04 Å². The first-order valence-electron chi connectivity index (χ1n) is 7.23. The van der Waals surface area contributed by atoms with Crippen molar-refractivity contribution < 1.29 is 17.8 Å². The molecule has 0 aromatic heterocycles. The highest BCUT2D eigenvalue weighted by molar-refractivity contribution is 7.85. The smallest absolute Gasteiger partial charge is 0.294 e. The molecule has 0 unspecified atom stereocenters. The van der Waals surface area contributed by atoms with Crippen LogP contribution in [0.2, 0.25) is 0 Å². The Labute approximate surface area is 135 Å². The summed E-state index contributed by atoms with van der Waals surface area (Å²) in [5, 5.41) is 8.73. The van der Waals surface area contributed by atoms with Crippen molar-refractivity contribution in [2.75, 3.05) is 6.54 Å². The number of amides is 1. The molecular formula is C15H19N3O4S. The zero-order chi connectivity index (χ0) is 17.2. The van der Waals surface area contributed by atoms with Crippen LogP contribution in [0.25, 0.3) is 0 Å². The Morgan fingerprint density at radius 3 is 2.48 bits per heavy atom. The molecule has 1 saturated heterocycles. The van der Waals surface area contributed by atoms with Gasteiger partial charge in [-0.05, 0) is 37.8 Å². The van der Waals surface area contributed by atoms with Crippen molar-refractivity contribution in [1.29, 1.82) is 5.26 Å². The fraction of sp³-hybridized carbons (Fsp3) is 0.467. The molecule has 0 bridgehead atoms. The van der Waals surface area contributed by atoms with Crippen LogP contribution in [-0.4, -0.2) is 42.4 Å². The number of benzene rings is 1. The van der Waals surface area contributed by atoms with Gasteiger partial charge in [0.05, 0.1) is 17.5 Å². The second-order valence-electron chi connectivity index (χ2n) is 5.74. The van der Waals surface area contributed by atoms with Crippen molar-refractivity contribution in [3.63, 3.8) is 0 Å². The molecule has 3 N–H and O–H groups in total. The average Bonchev–Trinajstić information content (AvgIpc) is 3.17. The van der Waals surface area contributed by atoms with E-state index in [-0.39, 0.29) is 23.4 Å². The molecule has 3 rings (SSSR count). The minimum atomic E-state index is -4.02. The highest BCUT2D eigenvalue weighted by Gasteiger charge is 2.53. The fourth-order valence-corrected chi connectivity index (χ4v) is 3.23. The molecule has 2 fully saturated rings. The SMILES string of the molecule is Cc1ccc(S(=O)(=O)O)cc1.N#C[C@@H]1C[C@@H]2C[C@@H]2N1C(=O)CN. The van der Waals surface area contributed by atoms with Gasteiger partial charge in [-0.15, -0.1) is 0 Å². The third-order valence-corrected chi connectivity index (χ3v) is 4.90. The van der Waals surface area contributed by atoms with E-state index in [4.69, 9.17) is 15.5 Å². The van der Waals surface area contributed by atoms with Crippen LogP contribution in [0, 0.1) is 24.2 Å². The molecule has 23 heavy (non-hydrogen) atoms. The summed E-state index contributed by atoms with van der Waals surface area (Å²) in [6.45, 7) is 1.87. The quantitative estimate of drug-likeness (QED) is 0.765. The van der Waals surface area contributed by atoms with Gasteiger partial charge in [-0.25, -0.2) is 0 Å². The van der Waals surface area contributed by atoms with Gasteiger partial charge in [-0.1, -0.05) is 17.7 Å². The number of piperidine rings is 1. The first kappa shape index (κ1) is 17.4. The second-order valence-corrected chi connectivity index (χ2v) is 7.16. The Balaban J connectivity index is 0.000000168. The van der Waals surface area contributed by atoms with E-state index in [1.165, 1.54) is 12.1 Å². The summed E-state index contributed by atoms with van der Waals surface area (Å²) < 4.78 is 29.6. The molecule has 1 saturated carbocycles. The molecule has 0 radical (unpaired) electrons. The van der Waals surface area contributed by atoms with Crippen molar-refractivity contribution in [2.45, 2.75) is 36.7 Å². The van der Waals surface area contributed by atoms with Crippen molar-refractivity contribution in [2.24, 2.45) is 11.7 Å². The van der Waals surface area contributed by atoms with E-state index in [0.717, 1.165) is 18.4 Å². The monoisotopic (exact) mass is 337 g/mol. The molecule has 1 heterocycles. The Bertz CT molecular complexity index is 724. The van der Waals surface area contributed by atoms with E-state index in [2.05, 4.69) is 6.07 Å². The summed E-state index contributed by atoms with van der Waals surface area (Å²) in [6, 6.07) is 8.26. The third kappa shape index (κ3) is 4.07. The largest absolute Gasteiger partial charge is 0.322 e. The lowest BCUT2D eigenvalue weighted by Crippen LogP contribution is -2.41. The maximum absolute atomic E-state index is 11.3. The van der Waals surface area contributed by atoms with Gasteiger partial charge < -0.3 is 10.6 Å². The summed E-state index contributed by atoms with van der Waals surface area (Å²) in [6.07, 6.45) is 1.93. The van der Waals surface area contributed by atoms with E-state index in [0.29, 0.717) is 12.0 Å². The molecule has 3 atom stereocenters. The number of hydrogen-bond donors (Lipinski definition) is 2. The number of carbonyl (C=O) groups is 1. The van der Waals surface area contributed by atoms with E-state index < -0.39 is 10.1 Å². The molecule has 0 spiro atoms. The highest BCUT2D eigenvalue weighted by atomic mass is 32.2. The van der Waals surface area contributed by atoms with Crippen LogP contribution in [0.15, 0.2) is 29.2 Å². The zero-order valence-corrected chi connectivity index (χ0v) is 13.5. The summed E-state index contributed by atoms with van der Waals surface area (Å²) >= 11 is 0. The number of likely N-dealkylation sites (tertiary alicyclic amines) is 1. The molecule has 2 aliphatic rings. The molecule has 7 nitrogen and oxygen atoms in total. The third-order valence-electron chi connectivity index (χ3n) is 4.03. The number of aryl methyl sites for hydroxylation is 1. The first-order chi connectivity index (χ1) is 10.8.